The van der Waals surface area contributed by atoms with Crippen LogP contribution in [-0.4, -0.2) is 55.4 Å². The molecule has 2 aromatic rings. The summed E-state index contributed by atoms with van der Waals surface area (Å²) < 4.78 is 15.8. The van der Waals surface area contributed by atoms with E-state index in [9.17, 15) is 0 Å². The molecule has 1 atom stereocenters. The molecule has 0 unspecified atom stereocenters. The maximum atomic E-state index is 5.42. The van der Waals surface area contributed by atoms with Crippen molar-refractivity contribution in [3.8, 4) is 23.1 Å². The summed E-state index contributed by atoms with van der Waals surface area (Å²) in [5, 5.41) is 0. The van der Waals surface area contributed by atoms with Crippen LogP contribution >= 0.6 is 0 Å². The van der Waals surface area contributed by atoms with Gasteiger partial charge in [0.25, 0.3) is 0 Å². The molecule has 1 aliphatic heterocycles. The molecule has 0 N–H and O–H groups in total. The fourth-order valence-corrected chi connectivity index (χ4v) is 2.83. The van der Waals surface area contributed by atoms with E-state index in [4.69, 9.17) is 14.2 Å². The minimum atomic E-state index is 0.365. The van der Waals surface area contributed by atoms with Crippen molar-refractivity contribution < 1.29 is 14.2 Å². The van der Waals surface area contributed by atoms with Gasteiger partial charge in [0.2, 0.25) is 11.8 Å². The van der Waals surface area contributed by atoms with Crippen LogP contribution in [0.5, 0.6) is 11.8 Å². The van der Waals surface area contributed by atoms with Crippen LogP contribution in [0.3, 0.4) is 0 Å². The van der Waals surface area contributed by atoms with Gasteiger partial charge in [-0.1, -0.05) is 24.3 Å². The van der Waals surface area contributed by atoms with Crippen molar-refractivity contribution in [2.75, 3.05) is 40.5 Å². The number of methoxy groups -OCH3 is 2. The first-order valence-corrected chi connectivity index (χ1v) is 8.10. The van der Waals surface area contributed by atoms with E-state index in [2.05, 4.69) is 33.9 Å². The van der Waals surface area contributed by atoms with Gasteiger partial charge in [-0.15, -0.1) is 0 Å². The second kappa shape index (κ2) is 7.59. The molecule has 0 aliphatic carbocycles. The van der Waals surface area contributed by atoms with E-state index >= 15 is 0 Å². The Kier molecular flexibility index (Phi) is 5.27. The van der Waals surface area contributed by atoms with E-state index in [1.807, 2.05) is 12.1 Å². The van der Waals surface area contributed by atoms with Crippen LogP contribution in [-0.2, 0) is 4.74 Å². The van der Waals surface area contributed by atoms with Gasteiger partial charge in [0, 0.05) is 24.7 Å². The Balaban J connectivity index is 1.81. The molecule has 24 heavy (non-hydrogen) atoms. The highest BCUT2D eigenvalue weighted by Crippen LogP contribution is 2.26. The maximum absolute atomic E-state index is 5.42. The van der Waals surface area contributed by atoms with Crippen molar-refractivity contribution in [2.24, 2.45) is 0 Å². The van der Waals surface area contributed by atoms with Gasteiger partial charge in [0.1, 0.15) is 0 Å². The van der Waals surface area contributed by atoms with Gasteiger partial charge in [-0.05, 0) is 12.5 Å². The van der Waals surface area contributed by atoms with Gasteiger partial charge in [-0.3, -0.25) is 4.90 Å². The van der Waals surface area contributed by atoms with Crippen molar-refractivity contribution in [2.45, 2.75) is 13.0 Å². The molecule has 2 heterocycles. The van der Waals surface area contributed by atoms with Crippen molar-refractivity contribution in [3.63, 3.8) is 0 Å². The Hall–Kier alpha value is -2.18. The Morgan fingerprint density at radius 3 is 2.12 bits per heavy atom. The first-order valence-electron chi connectivity index (χ1n) is 8.10. The van der Waals surface area contributed by atoms with E-state index in [0.29, 0.717) is 23.6 Å². The summed E-state index contributed by atoms with van der Waals surface area (Å²) in [4.78, 5) is 11.2. The topological polar surface area (TPSA) is 56.7 Å². The van der Waals surface area contributed by atoms with Crippen molar-refractivity contribution in [1.82, 2.24) is 14.9 Å². The summed E-state index contributed by atoms with van der Waals surface area (Å²) in [5.41, 5.74) is 2.21. The number of benzene rings is 1. The first kappa shape index (κ1) is 16.7. The van der Waals surface area contributed by atoms with E-state index < -0.39 is 0 Å². The molecular formula is C18H23N3O3. The number of hydrogen-bond donors (Lipinski definition) is 0. The molecule has 0 spiro atoms. The van der Waals surface area contributed by atoms with Gasteiger partial charge < -0.3 is 14.2 Å². The molecule has 6 heteroatoms. The zero-order valence-corrected chi connectivity index (χ0v) is 14.4. The number of rotatable bonds is 5. The Morgan fingerprint density at radius 2 is 1.58 bits per heavy atom. The minimum Gasteiger partial charge on any atom is -0.481 e. The largest absolute Gasteiger partial charge is 0.481 e. The average Bonchev–Trinajstić information content (AvgIpc) is 2.67. The quantitative estimate of drug-likeness (QED) is 0.840. The molecule has 0 bridgehead atoms. The Labute approximate surface area is 142 Å². The average molecular weight is 329 g/mol. The fourth-order valence-electron chi connectivity index (χ4n) is 2.83. The molecular weight excluding hydrogens is 306 g/mol. The second-order valence-electron chi connectivity index (χ2n) is 5.72. The number of aromatic nitrogens is 2. The van der Waals surface area contributed by atoms with Crippen molar-refractivity contribution >= 4 is 0 Å². The summed E-state index contributed by atoms with van der Waals surface area (Å²) in [5.74, 6) is 1.57. The van der Waals surface area contributed by atoms with Gasteiger partial charge in [-0.25, -0.2) is 0 Å². The maximum Gasteiger partial charge on any atom is 0.220 e. The molecule has 1 aromatic carbocycles. The van der Waals surface area contributed by atoms with Crippen LogP contribution < -0.4 is 9.47 Å². The van der Waals surface area contributed by atoms with Crippen molar-refractivity contribution in [3.05, 3.63) is 35.9 Å². The molecule has 128 valence electrons. The third kappa shape index (κ3) is 3.66. The summed E-state index contributed by atoms with van der Waals surface area (Å²) >= 11 is 0. The fraction of sp³-hybridized carbons (Fsp3) is 0.444. The van der Waals surface area contributed by atoms with Crippen LogP contribution in [0.15, 0.2) is 30.3 Å². The lowest BCUT2D eigenvalue weighted by Crippen LogP contribution is -2.37. The van der Waals surface area contributed by atoms with E-state index in [1.54, 1.807) is 20.3 Å². The third-order valence-corrected chi connectivity index (χ3v) is 4.34. The molecule has 0 amide bonds. The lowest BCUT2D eigenvalue weighted by molar-refractivity contribution is 0.0198. The molecule has 0 radical (unpaired) electrons. The lowest BCUT2D eigenvalue weighted by atomic mass is 10.0. The predicted octanol–water partition coefficient (Wildman–Crippen LogP) is 2.55. The van der Waals surface area contributed by atoms with Crippen molar-refractivity contribution in [1.29, 1.82) is 0 Å². The standard InChI is InChI=1S/C18H23N3O3/c1-13(21-8-10-24-11-9-21)14-4-6-15(7-5-14)18-19-16(22-2)12-17(20-18)23-3/h4-7,12-13H,8-11H2,1-3H3/t13-/m0/s1. The Morgan fingerprint density at radius 1 is 1.00 bits per heavy atom. The van der Waals surface area contributed by atoms with Crippen LogP contribution in [0.25, 0.3) is 11.4 Å². The molecule has 1 fully saturated rings. The smallest absolute Gasteiger partial charge is 0.220 e. The van der Waals surface area contributed by atoms with Gasteiger partial charge in [-0.2, -0.15) is 9.97 Å². The van der Waals surface area contributed by atoms with Crippen LogP contribution in [0.2, 0.25) is 0 Å². The first-order chi connectivity index (χ1) is 11.7. The predicted molar refractivity (Wildman–Crippen MR) is 91.4 cm³/mol. The normalized spacial score (nSPS) is 16.6. The zero-order valence-electron chi connectivity index (χ0n) is 14.4. The van der Waals surface area contributed by atoms with E-state index in [0.717, 1.165) is 31.9 Å². The molecule has 0 saturated carbocycles. The van der Waals surface area contributed by atoms with Crippen LogP contribution in [0.1, 0.15) is 18.5 Å². The zero-order chi connectivity index (χ0) is 16.9. The van der Waals surface area contributed by atoms with Crippen LogP contribution in [0, 0.1) is 0 Å². The monoisotopic (exact) mass is 329 g/mol. The molecule has 6 nitrogen and oxygen atoms in total. The highest BCUT2D eigenvalue weighted by molar-refractivity contribution is 5.56. The molecule has 3 rings (SSSR count). The molecule has 1 saturated heterocycles. The summed E-state index contributed by atoms with van der Waals surface area (Å²) in [6.07, 6.45) is 0. The lowest BCUT2D eigenvalue weighted by Gasteiger charge is -2.32. The van der Waals surface area contributed by atoms with Crippen LogP contribution in [0.4, 0.5) is 0 Å². The van der Waals surface area contributed by atoms with Gasteiger partial charge in [0.15, 0.2) is 5.82 Å². The van der Waals surface area contributed by atoms with E-state index in [1.165, 1.54) is 5.56 Å². The number of ether oxygens (including phenoxy) is 3. The molecule has 1 aliphatic rings. The number of hydrogen-bond acceptors (Lipinski definition) is 6. The highest BCUT2D eigenvalue weighted by Gasteiger charge is 2.18. The summed E-state index contributed by atoms with van der Waals surface area (Å²) in [6.45, 7) is 5.78. The SMILES string of the molecule is COc1cc(OC)nc(-c2ccc([C@H](C)N3CCOCC3)cc2)n1. The summed E-state index contributed by atoms with van der Waals surface area (Å²) in [6, 6.07) is 10.4. The minimum absolute atomic E-state index is 0.365. The van der Waals surface area contributed by atoms with Gasteiger partial charge >= 0.3 is 0 Å². The van der Waals surface area contributed by atoms with E-state index in [-0.39, 0.29) is 0 Å². The third-order valence-electron chi connectivity index (χ3n) is 4.34. The highest BCUT2D eigenvalue weighted by atomic mass is 16.5. The number of nitrogens with zero attached hydrogens (tertiary/aromatic N) is 3. The van der Waals surface area contributed by atoms with Gasteiger partial charge in [0.05, 0.1) is 33.5 Å². The Bertz CT molecular complexity index is 647. The summed E-state index contributed by atoms with van der Waals surface area (Å²) in [7, 11) is 3.16. The molecule has 1 aromatic heterocycles. The second-order valence-corrected chi connectivity index (χ2v) is 5.72. The number of morpholine rings is 1.